The van der Waals surface area contributed by atoms with Crippen LogP contribution in [0.25, 0.3) is 0 Å². The zero-order valence-corrected chi connectivity index (χ0v) is 12.3. The van der Waals surface area contributed by atoms with Crippen molar-refractivity contribution in [2.24, 2.45) is 0 Å². The number of nitrogens with zero attached hydrogens (tertiary/aromatic N) is 1. The summed E-state index contributed by atoms with van der Waals surface area (Å²) >= 11 is 5.88. The van der Waals surface area contributed by atoms with Gasteiger partial charge in [0.2, 0.25) is 0 Å². The molecule has 1 fully saturated rings. The third-order valence-electron chi connectivity index (χ3n) is 3.97. The summed E-state index contributed by atoms with van der Waals surface area (Å²) in [5.74, 6) is -0.404. The van der Waals surface area contributed by atoms with E-state index in [0.29, 0.717) is 24.9 Å². The van der Waals surface area contributed by atoms with Crippen molar-refractivity contribution in [1.29, 1.82) is 0 Å². The van der Waals surface area contributed by atoms with Crippen molar-refractivity contribution in [2.75, 3.05) is 13.2 Å². The summed E-state index contributed by atoms with van der Waals surface area (Å²) in [5, 5.41) is 12.1. The molecule has 2 bridgehead atoms. The van der Waals surface area contributed by atoms with Crippen molar-refractivity contribution >= 4 is 17.6 Å². The monoisotopic (exact) mass is 314 g/mol. The van der Waals surface area contributed by atoms with Gasteiger partial charge in [0, 0.05) is 30.2 Å². The Hall–Kier alpha value is -1.53. The van der Waals surface area contributed by atoms with E-state index in [9.17, 15) is 9.18 Å². The zero-order valence-electron chi connectivity index (χ0n) is 11.5. The Balaban J connectivity index is 2.01. The first-order valence-corrected chi connectivity index (χ1v) is 7.19. The number of carbonyl (C=O) groups is 1. The van der Waals surface area contributed by atoms with E-state index in [-0.39, 0.29) is 29.5 Å². The summed E-state index contributed by atoms with van der Waals surface area (Å²) in [4.78, 5) is 13.7. The molecule has 2 heterocycles. The number of aliphatic hydroxyl groups is 1. The van der Waals surface area contributed by atoms with Crippen LogP contribution in [0.2, 0.25) is 5.02 Å². The number of fused-ring (bicyclic) bond motifs is 4. The lowest BCUT2D eigenvalue weighted by molar-refractivity contribution is -0.0872. The normalized spacial score (nSPS) is 27.0. The Labute approximate surface area is 126 Å². The third kappa shape index (κ3) is 2.32. The Kier molecular flexibility index (Phi) is 3.45. The smallest absolute Gasteiger partial charge is 0.320 e. The van der Waals surface area contributed by atoms with Crippen LogP contribution in [0.4, 0.5) is 9.18 Å². The van der Waals surface area contributed by atoms with Crippen LogP contribution in [-0.4, -0.2) is 34.9 Å². The lowest BCUT2D eigenvalue weighted by atomic mass is 9.90. The molecular weight excluding hydrogens is 299 g/mol. The molecule has 0 saturated carbocycles. The van der Waals surface area contributed by atoms with Gasteiger partial charge in [-0.15, -0.1) is 0 Å². The van der Waals surface area contributed by atoms with E-state index in [1.807, 2.05) is 0 Å². The molecule has 1 saturated heterocycles. The molecule has 2 amide bonds. The van der Waals surface area contributed by atoms with Gasteiger partial charge in [0.1, 0.15) is 0 Å². The van der Waals surface area contributed by atoms with Crippen molar-refractivity contribution < 1.29 is 19.0 Å². The van der Waals surface area contributed by atoms with Gasteiger partial charge < -0.3 is 15.2 Å². The van der Waals surface area contributed by atoms with E-state index in [0.717, 1.165) is 0 Å². The van der Waals surface area contributed by atoms with Gasteiger partial charge in [-0.25, -0.2) is 9.18 Å². The molecule has 0 aromatic heterocycles. The number of ether oxygens (including phenoxy) is 1. The van der Waals surface area contributed by atoms with Crippen molar-refractivity contribution in [2.45, 2.75) is 31.5 Å². The molecule has 2 N–H and O–H groups in total. The van der Waals surface area contributed by atoms with Gasteiger partial charge in [-0.3, -0.25) is 4.90 Å². The molecule has 0 spiro atoms. The molecule has 0 radical (unpaired) electrons. The zero-order chi connectivity index (χ0) is 15.2. The largest absolute Gasteiger partial charge is 0.465 e. The van der Waals surface area contributed by atoms with Crippen LogP contribution in [0.15, 0.2) is 12.1 Å². The van der Waals surface area contributed by atoms with Crippen LogP contribution in [0.3, 0.4) is 0 Å². The van der Waals surface area contributed by atoms with E-state index in [2.05, 4.69) is 5.32 Å². The minimum absolute atomic E-state index is 0.0240. The second-order valence-electron chi connectivity index (χ2n) is 5.52. The summed E-state index contributed by atoms with van der Waals surface area (Å²) in [6.45, 7) is 2.08. The van der Waals surface area contributed by atoms with Gasteiger partial charge in [-0.2, -0.15) is 0 Å². The number of aliphatic hydroxyl groups excluding tert-OH is 1. The molecule has 0 aliphatic carbocycles. The van der Waals surface area contributed by atoms with Crippen LogP contribution >= 0.6 is 11.6 Å². The number of urea groups is 1. The molecule has 1 aromatic rings. The predicted molar refractivity (Wildman–Crippen MR) is 74.7 cm³/mol. The van der Waals surface area contributed by atoms with Gasteiger partial charge in [0.15, 0.2) is 17.3 Å². The first-order valence-electron chi connectivity index (χ1n) is 6.81. The molecule has 21 heavy (non-hydrogen) atoms. The summed E-state index contributed by atoms with van der Waals surface area (Å²) in [5.41, 5.74) is -0.364. The van der Waals surface area contributed by atoms with Gasteiger partial charge in [-0.1, -0.05) is 11.6 Å². The highest BCUT2D eigenvalue weighted by Gasteiger charge is 2.49. The minimum atomic E-state index is -0.927. The van der Waals surface area contributed by atoms with E-state index in [1.54, 1.807) is 13.0 Å². The number of benzene rings is 1. The highest BCUT2D eigenvalue weighted by molar-refractivity contribution is 6.30. The third-order valence-corrected chi connectivity index (χ3v) is 4.19. The van der Waals surface area contributed by atoms with Crippen LogP contribution in [0.5, 0.6) is 5.75 Å². The molecular formula is C14H16ClFN2O3. The first-order chi connectivity index (χ1) is 9.94. The van der Waals surface area contributed by atoms with Gasteiger partial charge in [-0.05, 0) is 25.5 Å². The fraction of sp³-hybridized carbons (Fsp3) is 0.500. The molecule has 7 heteroatoms. The SMILES string of the molecule is CC12CC(NC(=O)N1CCCO)c1cc(Cl)cc(F)c1O2. The second-order valence-corrected chi connectivity index (χ2v) is 5.95. The van der Waals surface area contributed by atoms with Crippen LogP contribution in [0.1, 0.15) is 31.4 Å². The number of carbonyl (C=O) groups excluding carboxylic acids is 1. The Bertz CT molecular complexity index is 598. The molecule has 2 unspecified atom stereocenters. The summed E-state index contributed by atoms with van der Waals surface area (Å²) in [6, 6.07) is 2.21. The number of amides is 2. The Morgan fingerprint density at radius 2 is 2.38 bits per heavy atom. The molecule has 2 aliphatic rings. The number of hydrogen-bond acceptors (Lipinski definition) is 3. The van der Waals surface area contributed by atoms with Crippen LogP contribution < -0.4 is 10.1 Å². The number of halogens is 2. The highest BCUT2D eigenvalue weighted by Crippen LogP contribution is 2.46. The average Bonchev–Trinajstić information content (AvgIpc) is 2.40. The first kappa shape index (κ1) is 14.4. The maximum absolute atomic E-state index is 14.1. The molecule has 114 valence electrons. The lowest BCUT2D eigenvalue weighted by Gasteiger charge is -2.50. The van der Waals surface area contributed by atoms with E-state index in [4.69, 9.17) is 21.4 Å². The number of nitrogens with one attached hydrogen (secondary N) is 1. The van der Waals surface area contributed by atoms with Crippen molar-refractivity contribution in [3.05, 3.63) is 28.5 Å². The Morgan fingerprint density at radius 1 is 1.62 bits per heavy atom. The quantitative estimate of drug-likeness (QED) is 0.900. The average molecular weight is 315 g/mol. The molecule has 1 aromatic carbocycles. The lowest BCUT2D eigenvalue weighted by Crippen LogP contribution is -2.64. The topological polar surface area (TPSA) is 61.8 Å². The Morgan fingerprint density at radius 3 is 3.10 bits per heavy atom. The van der Waals surface area contributed by atoms with E-state index >= 15 is 0 Å². The molecule has 3 rings (SSSR count). The summed E-state index contributed by atoms with van der Waals surface area (Å²) in [7, 11) is 0. The summed E-state index contributed by atoms with van der Waals surface area (Å²) in [6.07, 6.45) is 0.934. The van der Waals surface area contributed by atoms with E-state index < -0.39 is 11.5 Å². The fourth-order valence-electron chi connectivity index (χ4n) is 3.00. The number of hydrogen-bond donors (Lipinski definition) is 2. The molecule has 2 aliphatic heterocycles. The van der Waals surface area contributed by atoms with Gasteiger partial charge >= 0.3 is 6.03 Å². The minimum Gasteiger partial charge on any atom is -0.465 e. The van der Waals surface area contributed by atoms with Crippen molar-refractivity contribution in [1.82, 2.24) is 10.2 Å². The maximum atomic E-state index is 14.1. The standard InChI is InChI=1S/C14H16ClFN2O3/c1-14-7-11(17-13(20)18(14)3-2-4-19)9-5-8(15)6-10(16)12(9)21-14/h5-6,11,19H,2-4,7H2,1H3,(H,17,20). The maximum Gasteiger partial charge on any atom is 0.320 e. The van der Waals surface area contributed by atoms with Gasteiger partial charge in [0.05, 0.1) is 6.04 Å². The fourth-order valence-corrected chi connectivity index (χ4v) is 3.21. The number of rotatable bonds is 3. The summed E-state index contributed by atoms with van der Waals surface area (Å²) < 4.78 is 19.9. The molecule has 2 atom stereocenters. The van der Waals surface area contributed by atoms with Crippen molar-refractivity contribution in [3.8, 4) is 5.75 Å². The van der Waals surface area contributed by atoms with Gasteiger partial charge in [0.25, 0.3) is 0 Å². The predicted octanol–water partition coefficient (Wildman–Crippen LogP) is 2.43. The van der Waals surface area contributed by atoms with Crippen LogP contribution in [-0.2, 0) is 0 Å². The van der Waals surface area contributed by atoms with Crippen LogP contribution in [0, 0.1) is 5.82 Å². The second kappa shape index (κ2) is 5.03. The van der Waals surface area contributed by atoms with E-state index in [1.165, 1.54) is 11.0 Å². The highest BCUT2D eigenvalue weighted by atomic mass is 35.5. The van der Waals surface area contributed by atoms with Crippen molar-refractivity contribution in [3.63, 3.8) is 0 Å². The molecule has 5 nitrogen and oxygen atoms in total.